The summed E-state index contributed by atoms with van der Waals surface area (Å²) in [5.74, 6) is 0.674. The molecule has 1 N–H and O–H groups in total. The molecule has 0 saturated carbocycles. The van der Waals surface area contributed by atoms with Gasteiger partial charge in [-0.3, -0.25) is 9.59 Å². The van der Waals surface area contributed by atoms with E-state index in [9.17, 15) is 9.59 Å². The van der Waals surface area contributed by atoms with Crippen molar-refractivity contribution in [2.45, 2.75) is 32.7 Å². The maximum atomic E-state index is 12.3. The quantitative estimate of drug-likeness (QED) is 0.926. The van der Waals surface area contributed by atoms with Crippen molar-refractivity contribution in [1.29, 1.82) is 0 Å². The fraction of sp³-hybridized carbons (Fsp3) is 0.529. The number of likely N-dealkylation sites (tertiary alicyclic amines) is 1. The van der Waals surface area contributed by atoms with Crippen LogP contribution in [0.4, 0.5) is 0 Å². The van der Waals surface area contributed by atoms with Crippen LogP contribution in [0.1, 0.15) is 37.0 Å². The number of benzene rings is 1. The molecule has 5 nitrogen and oxygen atoms in total. The number of nitrogens with one attached hydrogen (secondary N) is 1. The van der Waals surface area contributed by atoms with Gasteiger partial charge in [-0.05, 0) is 25.0 Å². The van der Waals surface area contributed by atoms with E-state index >= 15 is 0 Å². The van der Waals surface area contributed by atoms with Gasteiger partial charge in [0.25, 0.3) is 5.91 Å². The van der Waals surface area contributed by atoms with Crippen molar-refractivity contribution >= 4 is 11.8 Å². The Morgan fingerprint density at radius 3 is 2.45 bits per heavy atom. The van der Waals surface area contributed by atoms with Crippen molar-refractivity contribution in [2.75, 3.05) is 20.2 Å². The summed E-state index contributed by atoms with van der Waals surface area (Å²) in [6, 6.07) is 7.30. The summed E-state index contributed by atoms with van der Waals surface area (Å²) in [7, 11) is 1.56. The molecule has 0 atom stereocenters. The maximum Gasteiger partial charge on any atom is 0.255 e. The highest BCUT2D eigenvalue weighted by atomic mass is 16.5. The third-order valence-corrected chi connectivity index (χ3v) is 3.99. The Kier molecular flexibility index (Phi) is 5.41. The van der Waals surface area contributed by atoms with Crippen LogP contribution in [0.3, 0.4) is 0 Å². The van der Waals surface area contributed by atoms with E-state index in [4.69, 9.17) is 4.74 Å². The Morgan fingerprint density at radius 2 is 1.86 bits per heavy atom. The Balaban J connectivity index is 1.91. The molecule has 1 aliphatic heterocycles. The van der Waals surface area contributed by atoms with E-state index < -0.39 is 0 Å². The highest BCUT2D eigenvalue weighted by Crippen LogP contribution is 2.19. The largest absolute Gasteiger partial charge is 0.496 e. The first kappa shape index (κ1) is 16.3. The molecule has 2 amide bonds. The Bertz CT molecular complexity index is 534. The van der Waals surface area contributed by atoms with E-state index in [2.05, 4.69) is 5.32 Å². The van der Waals surface area contributed by atoms with Crippen molar-refractivity contribution in [1.82, 2.24) is 10.2 Å². The molecule has 0 unspecified atom stereocenters. The summed E-state index contributed by atoms with van der Waals surface area (Å²) in [5.41, 5.74) is 0.547. The maximum absolute atomic E-state index is 12.3. The van der Waals surface area contributed by atoms with Gasteiger partial charge in [0.05, 0.1) is 12.7 Å². The van der Waals surface area contributed by atoms with Crippen molar-refractivity contribution in [3.05, 3.63) is 29.8 Å². The summed E-state index contributed by atoms with van der Waals surface area (Å²) < 4.78 is 5.22. The standard InChI is InChI=1S/C17H24N2O3/c1-12(2)17(21)19-10-8-13(9-11-19)18-16(20)14-6-4-5-7-15(14)22-3/h4-7,12-13H,8-11H2,1-3H3,(H,18,20). The number of hydrogen-bond acceptors (Lipinski definition) is 3. The summed E-state index contributed by atoms with van der Waals surface area (Å²) >= 11 is 0. The van der Waals surface area contributed by atoms with Gasteiger partial charge in [0.15, 0.2) is 0 Å². The number of amides is 2. The molecule has 1 aromatic carbocycles. The van der Waals surface area contributed by atoms with Crippen molar-refractivity contribution in [3.8, 4) is 5.75 Å². The zero-order valence-electron chi connectivity index (χ0n) is 13.5. The van der Waals surface area contributed by atoms with Crippen LogP contribution >= 0.6 is 0 Å². The molecule has 0 spiro atoms. The molecule has 2 rings (SSSR count). The summed E-state index contributed by atoms with van der Waals surface area (Å²) in [6.07, 6.45) is 1.58. The first-order valence-corrected chi connectivity index (χ1v) is 7.75. The molecule has 1 fully saturated rings. The van der Waals surface area contributed by atoms with Crippen LogP contribution in [0, 0.1) is 5.92 Å². The molecule has 1 heterocycles. The lowest BCUT2D eigenvalue weighted by molar-refractivity contribution is -0.135. The van der Waals surface area contributed by atoms with Gasteiger partial charge in [-0.25, -0.2) is 0 Å². The topological polar surface area (TPSA) is 58.6 Å². The molecule has 1 saturated heterocycles. The Labute approximate surface area is 131 Å². The lowest BCUT2D eigenvalue weighted by Gasteiger charge is -2.33. The number of rotatable bonds is 4. The molecule has 1 aromatic rings. The molecule has 1 aliphatic rings. The van der Waals surface area contributed by atoms with E-state index in [0.717, 1.165) is 12.8 Å². The fourth-order valence-corrected chi connectivity index (χ4v) is 2.70. The van der Waals surface area contributed by atoms with Gasteiger partial charge in [0.1, 0.15) is 5.75 Å². The monoisotopic (exact) mass is 304 g/mol. The smallest absolute Gasteiger partial charge is 0.255 e. The first-order valence-electron chi connectivity index (χ1n) is 7.75. The van der Waals surface area contributed by atoms with Gasteiger partial charge in [-0.15, -0.1) is 0 Å². The SMILES string of the molecule is COc1ccccc1C(=O)NC1CCN(C(=O)C(C)C)CC1. The van der Waals surface area contributed by atoms with Crippen LogP contribution in [0.2, 0.25) is 0 Å². The van der Waals surface area contributed by atoms with Gasteiger partial charge in [-0.2, -0.15) is 0 Å². The minimum absolute atomic E-state index is 0.0275. The van der Waals surface area contributed by atoms with Crippen LogP contribution in [-0.4, -0.2) is 43.0 Å². The summed E-state index contributed by atoms with van der Waals surface area (Å²) in [4.78, 5) is 26.2. The number of piperidine rings is 1. The number of nitrogens with zero attached hydrogens (tertiary/aromatic N) is 1. The molecule has 5 heteroatoms. The van der Waals surface area contributed by atoms with Crippen molar-refractivity contribution < 1.29 is 14.3 Å². The molecule has 0 aliphatic carbocycles. The van der Waals surface area contributed by atoms with Crippen LogP contribution in [0.5, 0.6) is 5.75 Å². The number of carbonyl (C=O) groups is 2. The summed E-state index contributed by atoms with van der Waals surface area (Å²) in [6.45, 7) is 5.23. The van der Waals surface area contributed by atoms with Gasteiger partial charge in [0.2, 0.25) is 5.91 Å². The van der Waals surface area contributed by atoms with Crippen molar-refractivity contribution in [3.63, 3.8) is 0 Å². The average molecular weight is 304 g/mol. The number of ether oxygens (including phenoxy) is 1. The fourth-order valence-electron chi connectivity index (χ4n) is 2.70. The van der Waals surface area contributed by atoms with Crippen LogP contribution < -0.4 is 10.1 Å². The van der Waals surface area contributed by atoms with Crippen LogP contribution in [-0.2, 0) is 4.79 Å². The van der Waals surface area contributed by atoms with E-state index in [1.807, 2.05) is 30.9 Å². The van der Waals surface area contributed by atoms with E-state index in [1.54, 1.807) is 19.2 Å². The highest BCUT2D eigenvalue weighted by Gasteiger charge is 2.25. The zero-order valence-corrected chi connectivity index (χ0v) is 13.5. The molecule has 0 bridgehead atoms. The third-order valence-electron chi connectivity index (χ3n) is 3.99. The lowest BCUT2D eigenvalue weighted by Crippen LogP contribution is -2.47. The lowest BCUT2D eigenvalue weighted by atomic mass is 10.0. The second-order valence-corrected chi connectivity index (χ2v) is 5.93. The minimum Gasteiger partial charge on any atom is -0.496 e. The molecular formula is C17H24N2O3. The number of hydrogen-bond donors (Lipinski definition) is 1. The van der Waals surface area contributed by atoms with Gasteiger partial charge in [-0.1, -0.05) is 26.0 Å². The second kappa shape index (κ2) is 7.29. The Morgan fingerprint density at radius 1 is 1.23 bits per heavy atom. The molecule has 0 aromatic heterocycles. The molecular weight excluding hydrogens is 280 g/mol. The second-order valence-electron chi connectivity index (χ2n) is 5.93. The van der Waals surface area contributed by atoms with Gasteiger partial charge in [0, 0.05) is 25.0 Å². The van der Waals surface area contributed by atoms with E-state index in [1.165, 1.54) is 0 Å². The Hall–Kier alpha value is -2.04. The number of para-hydroxylation sites is 1. The van der Waals surface area contributed by atoms with Gasteiger partial charge >= 0.3 is 0 Å². The van der Waals surface area contributed by atoms with E-state index in [0.29, 0.717) is 24.4 Å². The average Bonchev–Trinajstić information content (AvgIpc) is 2.54. The van der Waals surface area contributed by atoms with Crippen LogP contribution in [0.15, 0.2) is 24.3 Å². The number of methoxy groups -OCH3 is 1. The zero-order chi connectivity index (χ0) is 16.1. The van der Waals surface area contributed by atoms with E-state index in [-0.39, 0.29) is 23.8 Å². The molecule has 120 valence electrons. The predicted molar refractivity (Wildman–Crippen MR) is 84.9 cm³/mol. The van der Waals surface area contributed by atoms with Crippen molar-refractivity contribution in [2.24, 2.45) is 5.92 Å². The summed E-state index contributed by atoms with van der Waals surface area (Å²) in [5, 5.41) is 3.04. The normalized spacial score (nSPS) is 15.7. The number of carbonyl (C=O) groups excluding carboxylic acids is 2. The van der Waals surface area contributed by atoms with Crippen LogP contribution in [0.25, 0.3) is 0 Å². The highest BCUT2D eigenvalue weighted by molar-refractivity contribution is 5.97. The molecule has 22 heavy (non-hydrogen) atoms. The molecule has 0 radical (unpaired) electrons. The van der Waals surface area contributed by atoms with Gasteiger partial charge < -0.3 is 15.0 Å². The first-order chi connectivity index (χ1) is 10.5. The predicted octanol–water partition coefficient (Wildman–Crippen LogP) is 2.07. The minimum atomic E-state index is -0.119. The third kappa shape index (κ3) is 3.78.